The van der Waals surface area contributed by atoms with Crippen molar-refractivity contribution in [3.05, 3.63) is 81.8 Å². The Labute approximate surface area is 195 Å². The van der Waals surface area contributed by atoms with E-state index in [9.17, 15) is 9.18 Å². The molecular formula is C25H20ClFO6. The molecule has 0 spiro atoms. The number of ether oxygens (including phenoxy) is 5. The lowest BCUT2D eigenvalue weighted by Gasteiger charge is -2.13. The average molecular weight is 471 g/mol. The summed E-state index contributed by atoms with van der Waals surface area (Å²) in [5.41, 5.74) is 1.27. The average Bonchev–Trinajstić information content (AvgIpc) is 3.12. The van der Waals surface area contributed by atoms with Crippen LogP contribution < -0.4 is 23.7 Å². The van der Waals surface area contributed by atoms with Crippen molar-refractivity contribution in [3.63, 3.8) is 0 Å². The molecule has 1 aliphatic heterocycles. The molecule has 3 aromatic carbocycles. The van der Waals surface area contributed by atoms with Crippen LogP contribution in [-0.2, 0) is 6.61 Å². The molecular weight excluding hydrogens is 451 g/mol. The van der Waals surface area contributed by atoms with Crippen molar-refractivity contribution < 1.29 is 32.9 Å². The second kappa shape index (κ2) is 9.42. The van der Waals surface area contributed by atoms with Gasteiger partial charge in [0.2, 0.25) is 11.5 Å². The summed E-state index contributed by atoms with van der Waals surface area (Å²) in [7, 11) is 4.53. The second-order valence-electron chi connectivity index (χ2n) is 7.05. The number of fused-ring (bicyclic) bond motifs is 1. The van der Waals surface area contributed by atoms with E-state index in [1.807, 2.05) is 0 Å². The van der Waals surface area contributed by atoms with Crippen molar-refractivity contribution in [3.8, 4) is 28.7 Å². The molecule has 0 atom stereocenters. The first-order valence-electron chi connectivity index (χ1n) is 9.89. The summed E-state index contributed by atoms with van der Waals surface area (Å²) in [6.45, 7) is -0.0631. The summed E-state index contributed by atoms with van der Waals surface area (Å²) in [5, 5.41) is 0.276. The Balaban J connectivity index is 1.57. The predicted octanol–water partition coefficient (Wildman–Crippen LogP) is 5.70. The number of hydrogen-bond acceptors (Lipinski definition) is 6. The Hall–Kier alpha value is -3.71. The van der Waals surface area contributed by atoms with E-state index >= 15 is 0 Å². The van der Waals surface area contributed by atoms with Gasteiger partial charge < -0.3 is 23.7 Å². The van der Waals surface area contributed by atoms with E-state index in [0.29, 0.717) is 39.9 Å². The Kier molecular flexibility index (Phi) is 6.42. The van der Waals surface area contributed by atoms with Crippen LogP contribution in [0.5, 0.6) is 28.7 Å². The molecule has 0 aliphatic carbocycles. The number of methoxy groups -OCH3 is 3. The van der Waals surface area contributed by atoms with Crippen LogP contribution in [0.1, 0.15) is 21.5 Å². The Morgan fingerprint density at radius 2 is 1.73 bits per heavy atom. The first-order valence-corrected chi connectivity index (χ1v) is 10.3. The quantitative estimate of drug-likeness (QED) is 0.413. The summed E-state index contributed by atoms with van der Waals surface area (Å²) >= 11 is 6.04. The Bertz CT molecular complexity index is 1210. The van der Waals surface area contributed by atoms with Crippen LogP contribution in [0.4, 0.5) is 4.39 Å². The predicted molar refractivity (Wildman–Crippen MR) is 121 cm³/mol. The lowest BCUT2D eigenvalue weighted by atomic mass is 10.1. The lowest BCUT2D eigenvalue weighted by Crippen LogP contribution is -2.00. The standard InChI is InChI=1S/C25H20ClFO6/c1-29-22-10-14(11-23(30-2)25(22)31-3)9-21-24(28)16-8-7-15(12-20(16)33-21)32-13-17-18(26)5-4-6-19(17)27/h4-12H,13H2,1-3H3/b21-9-. The maximum atomic E-state index is 14.0. The van der Waals surface area contributed by atoms with E-state index < -0.39 is 5.82 Å². The molecule has 4 rings (SSSR count). The van der Waals surface area contributed by atoms with Gasteiger partial charge in [-0.1, -0.05) is 17.7 Å². The maximum absolute atomic E-state index is 14.0. The molecule has 8 heteroatoms. The van der Waals surface area contributed by atoms with Gasteiger partial charge in [-0.2, -0.15) is 0 Å². The SMILES string of the molecule is COc1cc(/C=C2\Oc3cc(OCc4c(F)cccc4Cl)ccc3C2=O)cc(OC)c1OC. The number of ketones is 1. The van der Waals surface area contributed by atoms with Gasteiger partial charge in [0, 0.05) is 11.6 Å². The first kappa shape index (κ1) is 22.5. The van der Waals surface area contributed by atoms with Crippen LogP contribution in [-0.4, -0.2) is 27.1 Å². The van der Waals surface area contributed by atoms with Gasteiger partial charge in [0.05, 0.1) is 31.9 Å². The van der Waals surface area contributed by atoms with E-state index in [2.05, 4.69) is 0 Å². The minimum atomic E-state index is -0.453. The molecule has 0 saturated heterocycles. The number of benzene rings is 3. The van der Waals surface area contributed by atoms with E-state index in [1.165, 1.54) is 33.5 Å². The molecule has 0 aromatic heterocycles. The molecule has 0 amide bonds. The van der Waals surface area contributed by atoms with Gasteiger partial charge in [-0.25, -0.2) is 4.39 Å². The third-order valence-electron chi connectivity index (χ3n) is 5.07. The fraction of sp³-hybridized carbons (Fsp3) is 0.160. The fourth-order valence-electron chi connectivity index (χ4n) is 3.42. The number of carbonyl (C=O) groups excluding carboxylic acids is 1. The van der Waals surface area contributed by atoms with Crippen LogP contribution in [0.3, 0.4) is 0 Å². The van der Waals surface area contributed by atoms with Crippen molar-refractivity contribution in [1.82, 2.24) is 0 Å². The van der Waals surface area contributed by atoms with Gasteiger partial charge in [0.25, 0.3) is 0 Å². The molecule has 0 bridgehead atoms. The third-order valence-corrected chi connectivity index (χ3v) is 5.43. The van der Waals surface area contributed by atoms with E-state index in [0.717, 1.165) is 0 Å². The zero-order valence-corrected chi connectivity index (χ0v) is 18.9. The molecule has 0 fully saturated rings. The molecule has 170 valence electrons. The van der Waals surface area contributed by atoms with Gasteiger partial charge >= 0.3 is 0 Å². The summed E-state index contributed by atoms with van der Waals surface area (Å²) in [5.74, 6) is 1.51. The normalized spacial score (nSPS) is 13.5. The van der Waals surface area contributed by atoms with Crippen LogP contribution in [0.2, 0.25) is 5.02 Å². The highest BCUT2D eigenvalue weighted by atomic mass is 35.5. The Morgan fingerprint density at radius 1 is 1.00 bits per heavy atom. The zero-order valence-electron chi connectivity index (χ0n) is 18.1. The topological polar surface area (TPSA) is 63.2 Å². The maximum Gasteiger partial charge on any atom is 0.231 e. The van der Waals surface area contributed by atoms with Crippen molar-refractivity contribution in [2.45, 2.75) is 6.61 Å². The second-order valence-corrected chi connectivity index (χ2v) is 7.45. The number of hydrogen-bond donors (Lipinski definition) is 0. The van der Waals surface area contributed by atoms with Crippen molar-refractivity contribution >= 4 is 23.5 Å². The number of halogens is 2. The molecule has 6 nitrogen and oxygen atoms in total. The zero-order chi connectivity index (χ0) is 23.5. The number of rotatable bonds is 7. The summed E-state index contributed by atoms with van der Waals surface area (Å²) < 4.78 is 41.5. The van der Waals surface area contributed by atoms with Crippen LogP contribution >= 0.6 is 11.6 Å². The highest BCUT2D eigenvalue weighted by molar-refractivity contribution is 6.31. The molecule has 3 aromatic rings. The monoisotopic (exact) mass is 470 g/mol. The highest BCUT2D eigenvalue weighted by Crippen LogP contribution is 2.40. The first-order chi connectivity index (χ1) is 15.9. The molecule has 0 saturated carbocycles. The van der Waals surface area contributed by atoms with Gasteiger partial charge in [-0.05, 0) is 48.0 Å². The van der Waals surface area contributed by atoms with Gasteiger partial charge in [0.15, 0.2) is 17.3 Å². The number of carbonyl (C=O) groups is 1. The summed E-state index contributed by atoms with van der Waals surface area (Å²) in [6, 6.07) is 12.7. The van der Waals surface area contributed by atoms with Crippen LogP contribution in [0.25, 0.3) is 6.08 Å². The molecule has 1 aliphatic rings. The number of Topliss-reactive ketones (excluding diaryl/α,β-unsaturated/α-hetero) is 1. The van der Waals surface area contributed by atoms with Crippen LogP contribution in [0, 0.1) is 5.82 Å². The Morgan fingerprint density at radius 3 is 2.36 bits per heavy atom. The molecule has 0 radical (unpaired) electrons. The molecule has 33 heavy (non-hydrogen) atoms. The largest absolute Gasteiger partial charge is 0.493 e. The third kappa shape index (κ3) is 4.45. The van der Waals surface area contributed by atoms with Gasteiger partial charge in [-0.15, -0.1) is 0 Å². The van der Waals surface area contributed by atoms with Gasteiger partial charge in [-0.3, -0.25) is 4.79 Å². The lowest BCUT2D eigenvalue weighted by molar-refractivity contribution is 0.101. The summed E-state index contributed by atoms with van der Waals surface area (Å²) in [6.07, 6.45) is 1.59. The van der Waals surface area contributed by atoms with E-state index in [4.69, 9.17) is 35.3 Å². The fourth-order valence-corrected chi connectivity index (χ4v) is 3.64. The van der Waals surface area contributed by atoms with Gasteiger partial charge in [0.1, 0.15) is 23.9 Å². The molecule has 0 unspecified atom stereocenters. The highest BCUT2D eigenvalue weighted by Gasteiger charge is 2.28. The summed E-state index contributed by atoms with van der Waals surface area (Å²) in [4.78, 5) is 12.8. The molecule has 1 heterocycles. The van der Waals surface area contributed by atoms with Crippen molar-refractivity contribution in [2.24, 2.45) is 0 Å². The van der Waals surface area contributed by atoms with Crippen molar-refractivity contribution in [1.29, 1.82) is 0 Å². The number of allylic oxidation sites excluding steroid dienone is 1. The molecule has 0 N–H and O–H groups in total. The minimum Gasteiger partial charge on any atom is -0.493 e. The smallest absolute Gasteiger partial charge is 0.231 e. The van der Waals surface area contributed by atoms with E-state index in [1.54, 1.807) is 42.5 Å². The minimum absolute atomic E-state index is 0.0631. The van der Waals surface area contributed by atoms with E-state index in [-0.39, 0.29) is 28.7 Å². The van der Waals surface area contributed by atoms with Crippen molar-refractivity contribution in [2.75, 3.05) is 21.3 Å². The van der Waals surface area contributed by atoms with Crippen LogP contribution in [0.15, 0.2) is 54.3 Å².